The van der Waals surface area contributed by atoms with E-state index < -0.39 is 0 Å². The Morgan fingerprint density at radius 3 is 2.77 bits per heavy atom. The first-order valence-electron chi connectivity index (χ1n) is 10.6. The van der Waals surface area contributed by atoms with Gasteiger partial charge in [0, 0.05) is 36.5 Å². The van der Waals surface area contributed by atoms with Gasteiger partial charge in [0.2, 0.25) is 11.5 Å². The minimum atomic E-state index is -0.0857. The molecule has 0 saturated carbocycles. The number of aromatic amines is 1. The van der Waals surface area contributed by atoms with Crippen LogP contribution in [0.4, 0.5) is 5.95 Å². The molecule has 0 unspecified atom stereocenters. The maximum Gasteiger partial charge on any atom is 0.248 e. The summed E-state index contributed by atoms with van der Waals surface area (Å²) in [5.41, 5.74) is 5.92. The minimum absolute atomic E-state index is 0.0857. The van der Waals surface area contributed by atoms with Crippen molar-refractivity contribution in [3.63, 3.8) is 0 Å². The van der Waals surface area contributed by atoms with Crippen molar-refractivity contribution >= 4 is 12.0 Å². The zero-order valence-corrected chi connectivity index (χ0v) is 17.2. The number of rotatable bonds is 4. The first-order chi connectivity index (χ1) is 15.2. The van der Waals surface area contributed by atoms with E-state index in [1.165, 1.54) is 5.57 Å². The third-order valence-corrected chi connectivity index (χ3v) is 5.75. The second-order valence-corrected chi connectivity index (χ2v) is 7.93. The zero-order chi connectivity index (χ0) is 21.2. The van der Waals surface area contributed by atoms with Crippen molar-refractivity contribution in [2.45, 2.75) is 19.3 Å². The quantitative estimate of drug-likeness (QED) is 0.680. The molecule has 7 heteroatoms. The summed E-state index contributed by atoms with van der Waals surface area (Å²) in [5.74, 6) is 0.910. The van der Waals surface area contributed by atoms with Crippen LogP contribution in [-0.2, 0) is 17.6 Å². The van der Waals surface area contributed by atoms with Crippen molar-refractivity contribution in [3.8, 4) is 17.0 Å². The van der Waals surface area contributed by atoms with Gasteiger partial charge in [-0.1, -0.05) is 17.7 Å². The Labute approximate surface area is 180 Å². The molecule has 1 aromatic carbocycles. The number of aromatic nitrogens is 3. The fourth-order valence-electron chi connectivity index (χ4n) is 4.20. The lowest BCUT2D eigenvalue weighted by Crippen LogP contribution is -2.37. The Kier molecular flexibility index (Phi) is 5.26. The molecular weight excluding hydrogens is 392 g/mol. The van der Waals surface area contributed by atoms with E-state index >= 15 is 0 Å². The van der Waals surface area contributed by atoms with Gasteiger partial charge in [0.1, 0.15) is 5.75 Å². The first kappa shape index (κ1) is 19.5. The summed E-state index contributed by atoms with van der Waals surface area (Å²) in [6.45, 7) is 2.82. The van der Waals surface area contributed by atoms with Gasteiger partial charge >= 0.3 is 0 Å². The molecule has 5 rings (SSSR count). The summed E-state index contributed by atoms with van der Waals surface area (Å²) < 4.78 is 5.49. The standard InChI is InChI=1S/C24H24N4O3/c29-19-3-1-2-18(15-19)23-20-5-4-16(12-17-6-7-25-22(30)14-17)13-21(20)26-24(27-23)28-8-10-31-11-9-28/h1-3,6-7,13-15,29H,4-5,8-12H2,(H,25,30). The molecule has 2 aromatic heterocycles. The number of morpholine rings is 1. The van der Waals surface area contributed by atoms with Gasteiger partial charge in [-0.3, -0.25) is 4.79 Å². The lowest BCUT2D eigenvalue weighted by atomic mass is 9.89. The van der Waals surface area contributed by atoms with Crippen molar-refractivity contribution in [2.24, 2.45) is 0 Å². The molecular formula is C24H24N4O3. The molecule has 0 atom stereocenters. The van der Waals surface area contributed by atoms with Gasteiger partial charge < -0.3 is 19.7 Å². The van der Waals surface area contributed by atoms with Crippen LogP contribution in [0.5, 0.6) is 5.75 Å². The first-order valence-corrected chi connectivity index (χ1v) is 10.6. The lowest BCUT2D eigenvalue weighted by Gasteiger charge is -2.28. The largest absolute Gasteiger partial charge is 0.508 e. The number of phenols is 1. The average molecular weight is 416 g/mol. The summed E-state index contributed by atoms with van der Waals surface area (Å²) in [7, 11) is 0. The normalized spacial score (nSPS) is 16.0. The van der Waals surface area contributed by atoms with Crippen LogP contribution in [0.1, 0.15) is 23.2 Å². The number of hydrogen-bond acceptors (Lipinski definition) is 6. The maximum absolute atomic E-state index is 11.6. The molecule has 1 aliphatic heterocycles. The maximum atomic E-state index is 11.6. The number of phenolic OH excluding ortho intramolecular Hbond substituents is 1. The highest BCUT2D eigenvalue weighted by Crippen LogP contribution is 2.34. The van der Waals surface area contributed by atoms with Crippen LogP contribution in [0.3, 0.4) is 0 Å². The Morgan fingerprint density at radius 2 is 1.97 bits per heavy atom. The van der Waals surface area contributed by atoms with E-state index in [4.69, 9.17) is 14.7 Å². The third-order valence-electron chi connectivity index (χ3n) is 5.75. The molecule has 2 aliphatic rings. The number of nitrogens with zero attached hydrogens (tertiary/aromatic N) is 3. The molecule has 0 radical (unpaired) electrons. The Hall–Kier alpha value is -3.45. The van der Waals surface area contributed by atoms with Gasteiger partial charge in [0.25, 0.3) is 0 Å². The van der Waals surface area contributed by atoms with E-state index in [1.807, 2.05) is 18.2 Å². The molecule has 0 amide bonds. The molecule has 0 spiro atoms. The van der Waals surface area contributed by atoms with E-state index in [-0.39, 0.29) is 11.3 Å². The molecule has 0 bridgehead atoms. The van der Waals surface area contributed by atoms with Crippen LogP contribution >= 0.6 is 0 Å². The molecule has 3 aromatic rings. The van der Waals surface area contributed by atoms with Crippen molar-refractivity contribution < 1.29 is 9.84 Å². The van der Waals surface area contributed by atoms with Crippen LogP contribution in [0.25, 0.3) is 17.3 Å². The van der Waals surface area contributed by atoms with Crippen molar-refractivity contribution in [1.29, 1.82) is 0 Å². The highest BCUT2D eigenvalue weighted by atomic mass is 16.5. The molecule has 158 valence electrons. The Bertz CT molecular complexity index is 1200. The number of fused-ring (bicyclic) bond motifs is 1. The zero-order valence-electron chi connectivity index (χ0n) is 17.2. The summed E-state index contributed by atoms with van der Waals surface area (Å²) >= 11 is 0. The Morgan fingerprint density at radius 1 is 1.10 bits per heavy atom. The summed E-state index contributed by atoms with van der Waals surface area (Å²) in [5, 5.41) is 10.0. The van der Waals surface area contributed by atoms with Gasteiger partial charge in [-0.25, -0.2) is 9.97 Å². The van der Waals surface area contributed by atoms with E-state index in [0.717, 1.165) is 60.4 Å². The Balaban J connectivity index is 1.57. The van der Waals surface area contributed by atoms with Crippen molar-refractivity contribution in [2.75, 3.05) is 31.2 Å². The molecule has 1 aliphatic carbocycles. The topological polar surface area (TPSA) is 91.3 Å². The van der Waals surface area contributed by atoms with Crippen LogP contribution < -0.4 is 10.5 Å². The van der Waals surface area contributed by atoms with E-state index in [9.17, 15) is 9.90 Å². The second kappa shape index (κ2) is 8.35. The van der Waals surface area contributed by atoms with Crippen LogP contribution in [0.15, 0.2) is 53.0 Å². The van der Waals surface area contributed by atoms with Crippen molar-refractivity contribution in [1.82, 2.24) is 15.0 Å². The number of ether oxygens (including phenoxy) is 1. The average Bonchev–Trinajstić information content (AvgIpc) is 2.79. The number of anilines is 1. The van der Waals surface area contributed by atoms with Crippen LogP contribution in [0, 0.1) is 0 Å². The summed E-state index contributed by atoms with van der Waals surface area (Å²) in [4.78, 5) is 26.3. The number of nitrogens with one attached hydrogen (secondary N) is 1. The highest BCUT2D eigenvalue weighted by molar-refractivity contribution is 5.72. The molecule has 31 heavy (non-hydrogen) atoms. The van der Waals surface area contributed by atoms with Gasteiger partial charge in [-0.05, 0) is 49.1 Å². The van der Waals surface area contributed by atoms with Crippen LogP contribution in [-0.4, -0.2) is 46.4 Å². The summed E-state index contributed by atoms with van der Waals surface area (Å²) in [6.07, 6.45) is 6.25. The molecule has 7 nitrogen and oxygen atoms in total. The minimum Gasteiger partial charge on any atom is -0.508 e. The number of benzene rings is 1. The van der Waals surface area contributed by atoms with Crippen molar-refractivity contribution in [3.05, 3.63) is 75.3 Å². The highest BCUT2D eigenvalue weighted by Gasteiger charge is 2.23. The van der Waals surface area contributed by atoms with Gasteiger partial charge in [0.15, 0.2) is 0 Å². The smallest absolute Gasteiger partial charge is 0.248 e. The van der Waals surface area contributed by atoms with Crippen LogP contribution in [0.2, 0.25) is 0 Å². The number of hydrogen-bond donors (Lipinski definition) is 2. The predicted molar refractivity (Wildman–Crippen MR) is 119 cm³/mol. The van der Waals surface area contributed by atoms with Gasteiger partial charge in [0.05, 0.1) is 24.6 Å². The van der Waals surface area contributed by atoms with E-state index in [0.29, 0.717) is 19.2 Å². The number of pyridine rings is 1. The predicted octanol–water partition coefficient (Wildman–Crippen LogP) is 2.95. The van der Waals surface area contributed by atoms with E-state index in [2.05, 4.69) is 16.0 Å². The number of aromatic hydroxyl groups is 1. The summed E-state index contributed by atoms with van der Waals surface area (Å²) in [6, 6.07) is 10.8. The van der Waals surface area contributed by atoms with E-state index in [1.54, 1.807) is 24.4 Å². The lowest BCUT2D eigenvalue weighted by molar-refractivity contribution is 0.122. The SMILES string of the molecule is O=c1cc(CC2=Cc3nc(N4CCOCC4)nc(-c4cccc(O)c4)c3CC2)cc[nH]1. The fourth-order valence-corrected chi connectivity index (χ4v) is 4.20. The fraction of sp³-hybridized carbons (Fsp3) is 0.292. The monoisotopic (exact) mass is 416 g/mol. The molecule has 1 fully saturated rings. The molecule has 1 saturated heterocycles. The molecule has 3 heterocycles. The number of allylic oxidation sites excluding steroid dienone is 1. The second-order valence-electron chi connectivity index (χ2n) is 7.93. The van der Waals surface area contributed by atoms with Gasteiger partial charge in [-0.15, -0.1) is 0 Å². The third kappa shape index (κ3) is 4.22. The van der Waals surface area contributed by atoms with Gasteiger partial charge in [-0.2, -0.15) is 0 Å². The number of H-pyrrole nitrogens is 1. The molecule has 2 N–H and O–H groups in total.